The molecule has 0 unspecified atom stereocenters. The van der Waals surface area contributed by atoms with Crippen molar-refractivity contribution in [3.8, 4) is 0 Å². The Kier molecular flexibility index (Phi) is 4.91. The predicted molar refractivity (Wildman–Crippen MR) is 97.0 cm³/mol. The summed E-state index contributed by atoms with van der Waals surface area (Å²) in [6.45, 7) is 6.17. The maximum Gasteiger partial charge on any atom is 0.239 e. The Hall–Kier alpha value is -1.94. The highest BCUT2D eigenvalue weighted by molar-refractivity contribution is 8.00. The molecular weight excluding hydrogens is 304 g/mol. The Morgan fingerprint density at radius 2 is 2.09 bits per heavy atom. The van der Waals surface area contributed by atoms with Crippen molar-refractivity contribution in [2.75, 3.05) is 18.0 Å². The minimum Gasteiger partial charge on any atom is -0.360 e. The number of nitrogens with zero attached hydrogens (tertiary/aromatic N) is 1. The first-order chi connectivity index (χ1) is 11.1. The maximum atomic E-state index is 12.3. The van der Waals surface area contributed by atoms with Crippen LogP contribution in [-0.4, -0.2) is 24.2 Å². The van der Waals surface area contributed by atoms with Crippen LogP contribution in [0.5, 0.6) is 0 Å². The largest absolute Gasteiger partial charge is 0.360 e. The van der Waals surface area contributed by atoms with Gasteiger partial charge in [-0.25, -0.2) is 0 Å². The van der Waals surface area contributed by atoms with Gasteiger partial charge >= 0.3 is 0 Å². The summed E-state index contributed by atoms with van der Waals surface area (Å²) < 4.78 is 0. The number of amides is 1. The van der Waals surface area contributed by atoms with Crippen LogP contribution in [0.1, 0.15) is 18.1 Å². The molecule has 1 amide bonds. The van der Waals surface area contributed by atoms with Gasteiger partial charge in [0.2, 0.25) is 5.91 Å². The van der Waals surface area contributed by atoms with E-state index in [1.807, 2.05) is 30.0 Å². The maximum absolute atomic E-state index is 12.3. The second-order valence-corrected chi connectivity index (χ2v) is 7.52. The van der Waals surface area contributed by atoms with Crippen LogP contribution in [0.15, 0.2) is 53.4 Å². The second kappa shape index (κ2) is 7.09. The highest BCUT2D eigenvalue weighted by Gasteiger charge is 2.23. The van der Waals surface area contributed by atoms with Crippen LogP contribution in [0, 0.1) is 6.92 Å². The van der Waals surface area contributed by atoms with Gasteiger partial charge in [0, 0.05) is 23.2 Å². The van der Waals surface area contributed by atoms with E-state index in [0.29, 0.717) is 18.3 Å². The van der Waals surface area contributed by atoms with Crippen molar-refractivity contribution >= 4 is 23.4 Å². The van der Waals surface area contributed by atoms with E-state index in [-0.39, 0.29) is 5.91 Å². The fourth-order valence-electron chi connectivity index (χ4n) is 2.88. The zero-order valence-electron chi connectivity index (χ0n) is 13.6. The molecule has 0 fully saturated rings. The standard InChI is InChI=1S/C19H22N2OS/c1-14-6-5-7-16(10-14)11-20-19(22)13-21-12-15(2)23-18-9-4-3-8-17(18)21/h3-10,15H,11-13H2,1-2H3,(H,20,22)/t15-/m0/s1. The zero-order valence-corrected chi connectivity index (χ0v) is 14.4. The van der Waals surface area contributed by atoms with Crippen molar-refractivity contribution in [3.63, 3.8) is 0 Å². The van der Waals surface area contributed by atoms with Crippen LogP contribution in [-0.2, 0) is 11.3 Å². The summed E-state index contributed by atoms with van der Waals surface area (Å²) in [7, 11) is 0. The van der Waals surface area contributed by atoms with Gasteiger partial charge in [0.25, 0.3) is 0 Å². The summed E-state index contributed by atoms with van der Waals surface area (Å²) in [4.78, 5) is 15.8. The molecule has 1 heterocycles. The van der Waals surface area contributed by atoms with E-state index in [9.17, 15) is 4.79 Å². The van der Waals surface area contributed by atoms with Crippen LogP contribution < -0.4 is 10.2 Å². The molecule has 1 N–H and O–H groups in total. The lowest BCUT2D eigenvalue weighted by Crippen LogP contribution is -2.41. The first-order valence-corrected chi connectivity index (χ1v) is 8.82. The molecule has 3 nitrogen and oxygen atoms in total. The lowest BCUT2D eigenvalue weighted by molar-refractivity contribution is -0.119. The van der Waals surface area contributed by atoms with Crippen LogP contribution >= 0.6 is 11.8 Å². The highest BCUT2D eigenvalue weighted by Crippen LogP contribution is 2.37. The molecule has 3 rings (SSSR count). The van der Waals surface area contributed by atoms with Gasteiger partial charge in [-0.1, -0.05) is 48.9 Å². The molecule has 0 aliphatic carbocycles. The topological polar surface area (TPSA) is 32.3 Å². The van der Waals surface area contributed by atoms with Gasteiger partial charge in [-0.15, -0.1) is 11.8 Å². The van der Waals surface area contributed by atoms with E-state index in [0.717, 1.165) is 12.1 Å². The molecule has 1 aliphatic rings. The van der Waals surface area contributed by atoms with Crippen molar-refractivity contribution in [1.82, 2.24) is 5.32 Å². The lowest BCUT2D eigenvalue weighted by Gasteiger charge is -2.33. The van der Waals surface area contributed by atoms with Crippen molar-refractivity contribution < 1.29 is 4.79 Å². The number of aryl methyl sites for hydroxylation is 1. The Labute approximate surface area is 142 Å². The van der Waals surface area contributed by atoms with Gasteiger partial charge in [0.05, 0.1) is 12.2 Å². The van der Waals surface area contributed by atoms with Gasteiger partial charge in [0.15, 0.2) is 0 Å². The fourth-order valence-corrected chi connectivity index (χ4v) is 4.05. The van der Waals surface area contributed by atoms with Gasteiger partial charge in [-0.05, 0) is 24.6 Å². The van der Waals surface area contributed by atoms with Gasteiger partial charge in [-0.2, -0.15) is 0 Å². The molecule has 120 valence electrons. The summed E-state index contributed by atoms with van der Waals surface area (Å²) in [5, 5.41) is 3.53. The molecule has 1 aliphatic heterocycles. The molecule has 2 aromatic carbocycles. The average molecular weight is 326 g/mol. The van der Waals surface area contributed by atoms with Crippen LogP contribution in [0.3, 0.4) is 0 Å². The third-order valence-corrected chi connectivity index (χ3v) is 5.07. The van der Waals surface area contributed by atoms with Crippen molar-refractivity contribution in [3.05, 3.63) is 59.7 Å². The van der Waals surface area contributed by atoms with Crippen molar-refractivity contribution in [1.29, 1.82) is 0 Å². The molecule has 4 heteroatoms. The number of fused-ring (bicyclic) bond motifs is 1. The molecule has 2 aromatic rings. The number of carbonyl (C=O) groups is 1. The van der Waals surface area contributed by atoms with E-state index in [1.54, 1.807) is 0 Å². The highest BCUT2D eigenvalue weighted by atomic mass is 32.2. The van der Waals surface area contributed by atoms with E-state index < -0.39 is 0 Å². The van der Waals surface area contributed by atoms with Crippen LogP contribution in [0.4, 0.5) is 5.69 Å². The molecular formula is C19H22N2OS. The molecule has 0 radical (unpaired) electrons. The number of rotatable bonds is 4. The monoisotopic (exact) mass is 326 g/mol. The normalized spacial score (nSPS) is 16.8. The molecule has 0 saturated heterocycles. The third kappa shape index (κ3) is 4.08. The molecule has 0 saturated carbocycles. The first kappa shape index (κ1) is 15.9. The predicted octanol–water partition coefficient (Wildman–Crippen LogP) is 3.61. The number of hydrogen-bond acceptors (Lipinski definition) is 3. The summed E-state index contributed by atoms with van der Waals surface area (Å²) >= 11 is 1.88. The van der Waals surface area contributed by atoms with E-state index in [1.165, 1.54) is 16.1 Å². The smallest absolute Gasteiger partial charge is 0.239 e. The van der Waals surface area contributed by atoms with Gasteiger partial charge < -0.3 is 10.2 Å². The molecule has 1 atom stereocenters. The minimum absolute atomic E-state index is 0.0698. The zero-order chi connectivity index (χ0) is 16.2. The molecule has 23 heavy (non-hydrogen) atoms. The lowest BCUT2D eigenvalue weighted by atomic mass is 10.1. The Bertz CT molecular complexity index is 701. The second-order valence-electron chi connectivity index (χ2n) is 6.04. The number of anilines is 1. The minimum atomic E-state index is 0.0698. The molecule has 0 aromatic heterocycles. The first-order valence-electron chi connectivity index (χ1n) is 7.94. The van der Waals surface area contributed by atoms with Crippen molar-refractivity contribution in [2.24, 2.45) is 0 Å². The molecule has 0 spiro atoms. The quantitative estimate of drug-likeness (QED) is 0.931. The number of para-hydroxylation sites is 1. The fraction of sp³-hybridized carbons (Fsp3) is 0.316. The van der Waals surface area contributed by atoms with E-state index in [2.05, 4.69) is 54.4 Å². The van der Waals surface area contributed by atoms with Crippen LogP contribution in [0.2, 0.25) is 0 Å². The van der Waals surface area contributed by atoms with Crippen LogP contribution in [0.25, 0.3) is 0 Å². The summed E-state index contributed by atoms with van der Waals surface area (Å²) in [5.41, 5.74) is 3.52. The summed E-state index contributed by atoms with van der Waals surface area (Å²) in [6.07, 6.45) is 0. The summed E-state index contributed by atoms with van der Waals surface area (Å²) in [5.74, 6) is 0.0698. The summed E-state index contributed by atoms with van der Waals surface area (Å²) in [6, 6.07) is 16.6. The van der Waals surface area contributed by atoms with Crippen molar-refractivity contribution in [2.45, 2.75) is 30.5 Å². The van der Waals surface area contributed by atoms with Gasteiger partial charge in [0.1, 0.15) is 0 Å². The SMILES string of the molecule is Cc1cccc(CNC(=O)CN2C[C@H](C)Sc3ccccc32)c1. The van der Waals surface area contributed by atoms with Gasteiger partial charge in [-0.3, -0.25) is 4.79 Å². The number of nitrogens with one attached hydrogen (secondary N) is 1. The number of benzene rings is 2. The number of carbonyl (C=O) groups excluding carboxylic acids is 1. The third-order valence-electron chi connectivity index (χ3n) is 3.92. The van der Waals surface area contributed by atoms with E-state index >= 15 is 0 Å². The number of thioether (sulfide) groups is 1. The number of hydrogen-bond donors (Lipinski definition) is 1. The Morgan fingerprint density at radius 1 is 1.26 bits per heavy atom. The van der Waals surface area contributed by atoms with E-state index in [4.69, 9.17) is 0 Å². The Morgan fingerprint density at radius 3 is 2.91 bits per heavy atom. The Balaban J connectivity index is 1.62. The average Bonchev–Trinajstić information content (AvgIpc) is 2.53. The molecule has 0 bridgehead atoms.